The van der Waals surface area contributed by atoms with Crippen LogP contribution < -0.4 is 10.6 Å². The van der Waals surface area contributed by atoms with Crippen molar-refractivity contribution in [1.29, 1.82) is 0 Å². The molecule has 2 aromatic carbocycles. The third kappa shape index (κ3) is 5.66. The first kappa shape index (κ1) is 23.3. The molecule has 0 radical (unpaired) electrons. The molecule has 1 aliphatic rings. The van der Waals surface area contributed by atoms with Gasteiger partial charge in [0.2, 0.25) is 5.91 Å². The SMILES string of the molecule is CC[C@H](CC(=O)NCCC(C)C(=O)O)NC(=O)OCC1c2ccccc2-c2ccccc21. The van der Waals surface area contributed by atoms with Crippen LogP contribution >= 0.6 is 0 Å². The highest BCUT2D eigenvalue weighted by Gasteiger charge is 2.29. The summed E-state index contributed by atoms with van der Waals surface area (Å²) in [5, 5.41) is 14.4. The molecule has 0 heterocycles. The summed E-state index contributed by atoms with van der Waals surface area (Å²) in [6.07, 6.45) is 0.495. The van der Waals surface area contributed by atoms with E-state index in [0.717, 1.165) is 22.3 Å². The highest BCUT2D eigenvalue weighted by molar-refractivity contribution is 5.79. The monoisotopic (exact) mass is 438 g/mol. The van der Waals surface area contributed by atoms with Crippen LogP contribution in [0, 0.1) is 5.92 Å². The van der Waals surface area contributed by atoms with Crippen molar-refractivity contribution in [3.8, 4) is 11.1 Å². The maximum Gasteiger partial charge on any atom is 0.407 e. The first-order valence-electron chi connectivity index (χ1n) is 11.0. The average molecular weight is 439 g/mol. The molecule has 2 atom stereocenters. The molecule has 0 spiro atoms. The molecule has 0 bridgehead atoms. The van der Waals surface area contributed by atoms with Gasteiger partial charge in [0.05, 0.1) is 5.92 Å². The van der Waals surface area contributed by atoms with Gasteiger partial charge in [0.15, 0.2) is 0 Å². The minimum absolute atomic E-state index is 0.0206. The fourth-order valence-electron chi connectivity index (χ4n) is 3.95. The number of hydrogen-bond donors (Lipinski definition) is 3. The van der Waals surface area contributed by atoms with Gasteiger partial charge in [-0.05, 0) is 35.1 Å². The molecule has 1 unspecified atom stereocenters. The molecule has 0 aliphatic heterocycles. The molecule has 170 valence electrons. The minimum atomic E-state index is -0.886. The Bertz CT molecular complexity index is 929. The van der Waals surface area contributed by atoms with Crippen molar-refractivity contribution in [3.05, 3.63) is 59.7 Å². The predicted molar refractivity (Wildman–Crippen MR) is 121 cm³/mol. The Hall–Kier alpha value is -3.35. The number of carboxylic acid groups (broad SMARTS) is 1. The number of amides is 2. The van der Waals surface area contributed by atoms with Crippen molar-refractivity contribution in [1.82, 2.24) is 10.6 Å². The fourth-order valence-corrected chi connectivity index (χ4v) is 3.95. The largest absolute Gasteiger partial charge is 0.481 e. The maximum absolute atomic E-state index is 12.4. The number of alkyl carbamates (subject to hydrolysis) is 1. The van der Waals surface area contributed by atoms with Gasteiger partial charge in [0.1, 0.15) is 6.61 Å². The number of fused-ring (bicyclic) bond motifs is 3. The van der Waals surface area contributed by atoms with Crippen LogP contribution in [0.1, 0.15) is 50.2 Å². The lowest BCUT2D eigenvalue weighted by Gasteiger charge is -2.19. The summed E-state index contributed by atoms with van der Waals surface area (Å²) in [5.74, 6) is -1.65. The molecule has 3 N–H and O–H groups in total. The van der Waals surface area contributed by atoms with E-state index < -0.39 is 18.0 Å². The fraction of sp³-hybridized carbons (Fsp3) is 0.400. The number of carbonyl (C=O) groups is 3. The molecule has 2 amide bonds. The molecule has 32 heavy (non-hydrogen) atoms. The van der Waals surface area contributed by atoms with Crippen molar-refractivity contribution < 1.29 is 24.2 Å². The summed E-state index contributed by atoms with van der Waals surface area (Å²) < 4.78 is 5.55. The van der Waals surface area contributed by atoms with E-state index in [2.05, 4.69) is 34.9 Å². The maximum atomic E-state index is 12.4. The molecule has 3 rings (SSSR count). The van der Waals surface area contributed by atoms with Crippen molar-refractivity contribution >= 4 is 18.0 Å². The van der Waals surface area contributed by atoms with Crippen LogP contribution in [0.4, 0.5) is 4.79 Å². The van der Waals surface area contributed by atoms with Crippen LogP contribution in [0.3, 0.4) is 0 Å². The van der Waals surface area contributed by atoms with E-state index in [1.54, 1.807) is 6.92 Å². The molecule has 7 nitrogen and oxygen atoms in total. The second-order valence-corrected chi connectivity index (χ2v) is 8.16. The molecule has 0 aromatic heterocycles. The Morgan fingerprint density at radius 3 is 2.19 bits per heavy atom. The Labute approximate surface area is 188 Å². The van der Waals surface area contributed by atoms with Crippen molar-refractivity contribution in [2.45, 2.75) is 45.1 Å². The first-order valence-corrected chi connectivity index (χ1v) is 11.0. The summed E-state index contributed by atoms with van der Waals surface area (Å²) in [7, 11) is 0. The number of hydrogen-bond acceptors (Lipinski definition) is 4. The Morgan fingerprint density at radius 2 is 1.62 bits per heavy atom. The van der Waals surface area contributed by atoms with Crippen molar-refractivity contribution in [2.75, 3.05) is 13.2 Å². The zero-order chi connectivity index (χ0) is 23.1. The summed E-state index contributed by atoms with van der Waals surface area (Å²) in [6.45, 7) is 3.99. The quantitative estimate of drug-likeness (QED) is 0.521. The molecular formula is C25H30N2O5. The molecule has 2 aromatic rings. The number of rotatable bonds is 10. The van der Waals surface area contributed by atoms with Gasteiger partial charge in [0.25, 0.3) is 0 Å². The van der Waals surface area contributed by atoms with Crippen molar-refractivity contribution in [2.24, 2.45) is 5.92 Å². The lowest BCUT2D eigenvalue weighted by atomic mass is 9.98. The molecule has 0 fully saturated rings. The molecular weight excluding hydrogens is 408 g/mol. The van der Waals surface area contributed by atoms with E-state index in [1.807, 2.05) is 31.2 Å². The predicted octanol–water partition coefficient (Wildman–Crippen LogP) is 3.92. The standard InChI is InChI=1S/C25H30N2O5/c1-3-17(14-23(28)26-13-12-16(2)24(29)30)27-25(31)32-15-22-20-10-6-4-8-18(20)19-9-5-7-11-21(19)22/h4-11,16-17,22H,3,12-15H2,1-2H3,(H,26,28)(H,27,31)(H,29,30)/t16?,17-/m1/s1. The van der Waals surface area contributed by atoms with E-state index in [4.69, 9.17) is 9.84 Å². The van der Waals surface area contributed by atoms with Gasteiger partial charge < -0.3 is 20.5 Å². The van der Waals surface area contributed by atoms with Gasteiger partial charge in [-0.3, -0.25) is 9.59 Å². The van der Waals surface area contributed by atoms with Gasteiger partial charge in [-0.15, -0.1) is 0 Å². The van der Waals surface area contributed by atoms with Gasteiger partial charge >= 0.3 is 12.1 Å². The van der Waals surface area contributed by atoms with Crippen LogP contribution in [0.2, 0.25) is 0 Å². The van der Waals surface area contributed by atoms with E-state index in [0.29, 0.717) is 12.8 Å². The topological polar surface area (TPSA) is 105 Å². The second-order valence-electron chi connectivity index (χ2n) is 8.16. The Morgan fingerprint density at radius 1 is 1.03 bits per heavy atom. The third-order valence-electron chi connectivity index (χ3n) is 5.91. The van der Waals surface area contributed by atoms with Gasteiger partial charge in [-0.25, -0.2) is 4.79 Å². The zero-order valence-electron chi connectivity index (χ0n) is 18.5. The molecule has 0 saturated carbocycles. The first-order chi connectivity index (χ1) is 15.4. The summed E-state index contributed by atoms with van der Waals surface area (Å²) in [4.78, 5) is 35.4. The highest BCUT2D eigenvalue weighted by atomic mass is 16.5. The van der Waals surface area contributed by atoms with Crippen molar-refractivity contribution in [3.63, 3.8) is 0 Å². The Balaban J connectivity index is 1.50. The van der Waals surface area contributed by atoms with Crippen LogP contribution in [0.15, 0.2) is 48.5 Å². The molecule has 1 aliphatic carbocycles. The van der Waals surface area contributed by atoms with Crippen LogP contribution in [0.25, 0.3) is 11.1 Å². The van der Waals surface area contributed by atoms with Gasteiger partial charge in [-0.2, -0.15) is 0 Å². The van der Waals surface area contributed by atoms with Gasteiger partial charge in [-0.1, -0.05) is 62.4 Å². The van der Waals surface area contributed by atoms with Crippen LogP contribution in [-0.4, -0.2) is 42.3 Å². The normalized spacial score (nSPS) is 14.1. The highest BCUT2D eigenvalue weighted by Crippen LogP contribution is 2.44. The molecule has 0 saturated heterocycles. The Kier molecular flexibility index (Phi) is 7.87. The van der Waals surface area contributed by atoms with E-state index >= 15 is 0 Å². The van der Waals surface area contributed by atoms with Crippen LogP contribution in [0.5, 0.6) is 0 Å². The number of carbonyl (C=O) groups excluding carboxylic acids is 2. The number of nitrogens with one attached hydrogen (secondary N) is 2. The lowest BCUT2D eigenvalue weighted by Crippen LogP contribution is -2.39. The van der Waals surface area contributed by atoms with E-state index in [-0.39, 0.29) is 37.4 Å². The third-order valence-corrected chi connectivity index (χ3v) is 5.91. The van der Waals surface area contributed by atoms with Crippen LogP contribution in [-0.2, 0) is 14.3 Å². The smallest absolute Gasteiger partial charge is 0.407 e. The minimum Gasteiger partial charge on any atom is -0.481 e. The number of carboxylic acids is 1. The average Bonchev–Trinajstić information content (AvgIpc) is 3.10. The number of benzene rings is 2. The van der Waals surface area contributed by atoms with E-state index in [1.165, 1.54) is 0 Å². The zero-order valence-corrected chi connectivity index (χ0v) is 18.5. The number of aliphatic carboxylic acids is 1. The summed E-state index contributed by atoms with van der Waals surface area (Å²) in [5.41, 5.74) is 4.61. The summed E-state index contributed by atoms with van der Waals surface area (Å²) in [6, 6.07) is 15.9. The number of ether oxygens (including phenoxy) is 1. The van der Waals surface area contributed by atoms with E-state index in [9.17, 15) is 14.4 Å². The summed E-state index contributed by atoms with van der Waals surface area (Å²) >= 11 is 0. The lowest BCUT2D eigenvalue weighted by molar-refractivity contribution is -0.141. The van der Waals surface area contributed by atoms with Gasteiger partial charge in [0, 0.05) is 24.9 Å². The second kappa shape index (κ2) is 10.8. The molecule has 7 heteroatoms.